The van der Waals surface area contributed by atoms with E-state index in [4.69, 9.17) is 0 Å². The van der Waals surface area contributed by atoms with Gasteiger partial charge in [-0.2, -0.15) is 22.0 Å². The maximum Gasteiger partial charge on any atom is 0.451 e. The van der Waals surface area contributed by atoms with Crippen molar-refractivity contribution < 1.29 is 35.2 Å². The number of amides is 1. The summed E-state index contributed by atoms with van der Waals surface area (Å²) < 4.78 is 89.6. The molecule has 170 valence electrons. The van der Waals surface area contributed by atoms with Crippen LogP contribution in [0.25, 0.3) is 0 Å². The molecule has 0 bridgehead atoms. The lowest BCUT2D eigenvalue weighted by Gasteiger charge is -2.32. The number of carbonyl (C=O) groups is 1. The van der Waals surface area contributed by atoms with Crippen LogP contribution in [0, 0.1) is 0 Å². The van der Waals surface area contributed by atoms with Gasteiger partial charge in [-0.1, -0.05) is 12.1 Å². The van der Waals surface area contributed by atoms with Crippen LogP contribution >= 0.6 is 0 Å². The smallest absolute Gasteiger partial charge is 0.338 e. The molecular formula is C17H17F5N4O4S. The van der Waals surface area contributed by atoms with Gasteiger partial charge in [0.1, 0.15) is 0 Å². The van der Waals surface area contributed by atoms with Crippen molar-refractivity contribution in [3.05, 3.63) is 46.1 Å². The molecule has 0 spiro atoms. The number of benzene rings is 1. The molecular weight excluding hydrogens is 451 g/mol. The molecule has 1 aliphatic rings. The number of halogens is 5. The number of nitrogens with zero attached hydrogens (tertiary/aromatic N) is 4. The minimum absolute atomic E-state index is 0.0308. The third kappa shape index (κ3) is 4.20. The Bertz CT molecular complexity index is 1150. The first-order valence-electron chi connectivity index (χ1n) is 8.98. The van der Waals surface area contributed by atoms with E-state index >= 15 is 0 Å². The highest BCUT2D eigenvalue weighted by atomic mass is 32.2. The molecule has 1 aromatic heterocycles. The Kier molecular flexibility index (Phi) is 5.95. The van der Waals surface area contributed by atoms with E-state index in [0.717, 1.165) is 23.9 Å². The molecule has 14 heteroatoms. The van der Waals surface area contributed by atoms with Gasteiger partial charge in [-0.05, 0) is 25.0 Å². The van der Waals surface area contributed by atoms with E-state index in [9.17, 15) is 40.0 Å². The van der Waals surface area contributed by atoms with Crippen molar-refractivity contribution >= 4 is 15.7 Å². The van der Waals surface area contributed by atoms with Gasteiger partial charge in [0.2, 0.25) is 15.7 Å². The number of rotatable bonds is 4. The molecule has 31 heavy (non-hydrogen) atoms. The molecule has 1 fully saturated rings. The molecule has 0 aliphatic carbocycles. The Balaban J connectivity index is 1.81. The Morgan fingerprint density at radius 2 is 1.74 bits per heavy atom. The summed E-state index contributed by atoms with van der Waals surface area (Å²) in [5, 5.41) is 3.37. The minimum atomic E-state index is -5.01. The van der Waals surface area contributed by atoms with Crippen molar-refractivity contribution in [1.29, 1.82) is 0 Å². The normalized spacial score (nSPS) is 16.2. The number of piperidine rings is 1. The summed E-state index contributed by atoms with van der Waals surface area (Å²) in [6, 6.07) is 3.86. The van der Waals surface area contributed by atoms with E-state index < -0.39 is 55.7 Å². The fourth-order valence-corrected chi connectivity index (χ4v) is 4.33. The van der Waals surface area contributed by atoms with Crippen molar-refractivity contribution in [1.82, 2.24) is 19.2 Å². The van der Waals surface area contributed by atoms with Crippen molar-refractivity contribution in [2.45, 2.75) is 35.7 Å². The first kappa shape index (κ1) is 22.9. The zero-order valence-electron chi connectivity index (χ0n) is 16.0. The van der Waals surface area contributed by atoms with Crippen LogP contribution in [0.1, 0.15) is 35.1 Å². The first-order valence-corrected chi connectivity index (χ1v) is 10.5. The summed E-state index contributed by atoms with van der Waals surface area (Å²) in [7, 11) is -4.06. The van der Waals surface area contributed by atoms with E-state index in [1.807, 2.05) is 0 Å². The molecule has 0 unspecified atom stereocenters. The lowest BCUT2D eigenvalue weighted by molar-refractivity contribution is -0.147. The summed E-state index contributed by atoms with van der Waals surface area (Å²) >= 11 is 0. The first-order chi connectivity index (χ1) is 14.4. The van der Waals surface area contributed by atoms with Crippen molar-refractivity contribution in [3.8, 4) is 0 Å². The van der Waals surface area contributed by atoms with Crippen molar-refractivity contribution in [2.75, 3.05) is 13.1 Å². The molecule has 3 rings (SSSR count). The van der Waals surface area contributed by atoms with Gasteiger partial charge in [-0.15, -0.1) is 5.10 Å². The van der Waals surface area contributed by atoms with Crippen molar-refractivity contribution in [2.24, 2.45) is 7.05 Å². The standard InChI is InChI=1S/C17H17F5N4O4S/c1-24-14(17(20,21)22)23-26(16(24)28)10-6-8-25(9-7-10)13(27)11-4-2-3-5-12(11)31(29,30)15(18)19/h2-5,10,15H,6-9H2,1H3. The Morgan fingerprint density at radius 3 is 2.26 bits per heavy atom. The second-order valence-electron chi connectivity index (χ2n) is 6.93. The van der Waals surface area contributed by atoms with E-state index in [-0.39, 0.29) is 25.9 Å². The average Bonchev–Trinajstić information content (AvgIpc) is 3.02. The summed E-state index contributed by atoms with van der Waals surface area (Å²) in [6.07, 6.45) is -4.66. The molecule has 1 aliphatic heterocycles. The predicted octanol–water partition coefficient (Wildman–Crippen LogP) is 2.07. The third-order valence-electron chi connectivity index (χ3n) is 5.01. The van der Waals surface area contributed by atoms with Gasteiger partial charge in [0.25, 0.3) is 5.91 Å². The lowest BCUT2D eigenvalue weighted by atomic mass is 10.0. The highest BCUT2D eigenvalue weighted by Gasteiger charge is 2.39. The zero-order chi connectivity index (χ0) is 23.1. The predicted molar refractivity (Wildman–Crippen MR) is 96.3 cm³/mol. The summed E-state index contributed by atoms with van der Waals surface area (Å²) in [5.74, 6) is -5.85. The molecule has 1 amide bonds. The van der Waals surface area contributed by atoms with E-state index in [2.05, 4.69) is 5.10 Å². The zero-order valence-corrected chi connectivity index (χ0v) is 16.8. The fraction of sp³-hybridized carbons (Fsp3) is 0.471. The van der Waals surface area contributed by atoms with E-state index in [1.54, 1.807) is 0 Å². The molecule has 0 N–H and O–H groups in total. The largest absolute Gasteiger partial charge is 0.451 e. The molecule has 0 radical (unpaired) electrons. The van der Waals surface area contributed by atoms with Gasteiger partial charge >= 0.3 is 17.6 Å². The molecule has 2 heterocycles. The molecule has 0 saturated carbocycles. The minimum Gasteiger partial charge on any atom is -0.338 e. The fourth-order valence-electron chi connectivity index (χ4n) is 3.41. The molecule has 2 aromatic rings. The Morgan fingerprint density at radius 1 is 1.16 bits per heavy atom. The maximum absolute atomic E-state index is 13.0. The second-order valence-corrected chi connectivity index (χ2v) is 8.82. The van der Waals surface area contributed by atoms with Crippen LogP contribution in [0.2, 0.25) is 0 Å². The number of alkyl halides is 5. The van der Waals surface area contributed by atoms with Gasteiger partial charge in [0.15, 0.2) is 0 Å². The topological polar surface area (TPSA) is 94.3 Å². The van der Waals surface area contributed by atoms with E-state index in [1.165, 1.54) is 17.0 Å². The number of likely N-dealkylation sites (tertiary alicyclic amines) is 1. The number of hydrogen-bond acceptors (Lipinski definition) is 5. The van der Waals surface area contributed by atoms with Crippen LogP contribution in [-0.4, -0.2) is 52.4 Å². The molecule has 1 saturated heterocycles. The summed E-state index contributed by atoms with van der Waals surface area (Å²) in [5.41, 5.74) is -1.37. The van der Waals surface area contributed by atoms with Crippen LogP contribution in [-0.2, 0) is 23.1 Å². The van der Waals surface area contributed by atoms with Crippen LogP contribution in [0.15, 0.2) is 34.0 Å². The molecule has 8 nitrogen and oxygen atoms in total. The Labute approximate surface area is 172 Å². The van der Waals surface area contributed by atoms with Crippen molar-refractivity contribution in [3.63, 3.8) is 0 Å². The quantitative estimate of drug-likeness (QED) is 0.641. The lowest BCUT2D eigenvalue weighted by Crippen LogP contribution is -2.41. The van der Waals surface area contributed by atoms with Gasteiger partial charge in [0, 0.05) is 20.1 Å². The van der Waals surface area contributed by atoms with E-state index in [0.29, 0.717) is 4.57 Å². The number of aromatic nitrogens is 3. The summed E-state index contributed by atoms with van der Waals surface area (Å²) in [6.45, 7) is -0.0617. The number of carbonyl (C=O) groups excluding carboxylic acids is 1. The average molecular weight is 468 g/mol. The SMILES string of the molecule is Cn1c(C(F)(F)F)nn(C2CCN(C(=O)c3ccccc3S(=O)(=O)C(F)F)CC2)c1=O. The highest BCUT2D eigenvalue weighted by Crippen LogP contribution is 2.29. The summed E-state index contributed by atoms with van der Waals surface area (Å²) in [4.78, 5) is 25.3. The van der Waals surface area contributed by atoms with Crippen LogP contribution in [0.4, 0.5) is 22.0 Å². The Hall–Kier alpha value is -2.77. The molecule has 0 atom stereocenters. The monoisotopic (exact) mass is 468 g/mol. The van der Waals surface area contributed by atoms with Crippen LogP contribution in [0.5, 0.6) is 0 Å². The number of sulfone groups is 1. The third-order valence-corrected chi connectivity index (χ3v) is 6.45. The highest BCUT2D eigenvalue weighted by molar-refractivity contribution is 7.91. The second kappa shape index (κ2) is 8.05. The molecule has 1 aromatic carbocycles. The van der Waals surface area contributed by atoms with Gasteiger partial charge < -0.3 is 4.90 Å². The maximum atomic E-state index is 13.0. The van der Waals surface area contributed by atoms with Gasteiger partial charge in [0.05, 0.1) is 16.5 Å². The number of hydrogen-bond donors (Lipinski definition) is 0. The van der Waals surface area contributed by atoms with Crippen LogP contribution < -0.4 is 5.69 Å². The van der Waals surface area contributed by atoms with Crippen LogP contribution in [0.3, 0.4) is 0 Å². The van der Waals surface area contributed by atoms with Gasteiger partial charge in [-0.25, -0.2) is 17.9 Å². The van der Waals surface area contributed by atoms with Gasteiger partial charge in [-0.3, -0.25) is 9.36 Å².